The molecule has 1 aliphatic rings. The first-order valence-corrected chi connectivity index (χ1v) is 8.45. The Morgan fingerprint density at radius 1 is 1.24 bits per heavy atom. The van der Waals surface area contributed by atoms with Gasteiger partial charge in [0.1, 0.15) is 18.5 Å². The highest BCUT2D eigenvalue weighted by molar-refractivity contribution is 5.94. The molecule has 0 bridgehead atoms. The molecule has 8 nitrogen and oxygen atoms in total. The third-order valence-electron chi connectivity index (χ3n) is 4.19. The maximum Gasteiger partial charge on any atom is 0.255 e. The molecule has 2 aromatic heterocycles. The van der Waals surface area contributed by atoms with Gasteiger partial charge in [0.25, 0.3) is 5.91 Å². The summed E-state index contributed by atoms with van der Waals surface area (Å²) in [5.41, 5.74) is 0.516. The molecule has 0 aliphatic carbocycles. The number of nitrogens with zero attached hydrogens (tertiary/aromatic N) is 5. The molecule has 8 heteroatoms. The van der Waals surface area contributed by atoms with Crippen molar-refractivity contribution in [2.75, 3.05) is 13.1 Å². The SMILES string of the molecule is CC(C)NC(=O)C1CCCN(C(=O)c2ccc(-n3cnnc3)nc2)C1. The van der Waals surface area contributed by atoms with Crippen LogP contribution >= 0.6 is 0 Å². The van der Waals surface area contributed by atoms with Gasteiger partial charge in [-0.2, -0.15) is 0 Å². The van der Waals surface area contributed by atoms with E-state index in [1.54, 1.807) is 40.5 Å². The number of carbonyl (C=O) groups excluding carboxylic acids is 2. The van der Waals surface area contributed by atoms with E-state index >= 15 is 0 Å². The fourth-order valence-electron chi connectivity index (χ4n) is 2.94. The van der Waals surface area contributed by atoms with Crippen LogP contribution in [0.15, 0.2) is 31.0 Å². The van der Waals surface area contributed by atoms with Crippen molar-refractivity contribution in [1.82, 2.24) is 30.0 Å². The third kappa shape index (κ3) is 4.01. The van der Waals surface area contributed by atoms with Gasteiger partial charge in [-0.05, 0) is 38.8 Å². The van der Waals surface area contributed by atoms with Gasteiger partial charge >= 0.3 is 0 Å². The number of nitrogens with one attached hydrogen (secondary N) is 1. The van der Waals surface area contributed by atoms with Crippen molar-refractivity contribution < 1.29 is 9.59 Å². The van der Waals surface area contributed by atoms with Gasteiger partial charge < -0.3 is 10.2 Å². The van der Waals surface area contributed by atoms with Crippen LogP contribution < -0.4 is 5.32 Å². The predicted octanol–water partition coefficient (Wildman–Crippen LogP) is 1.04. The van der Waals surface area contributed by atoms with E-state index in [0.717, 1.165) is 12.8 Å². The summed E-state index contributed by atoms with van der Waals surface area (Å²) in [6, 6.07) is 3.60. The topological polar surface area (TPSA) is 93.0 Å². The standard InChI is InChI=1S/C17H22N6O2/c1-12(2)21-16(24)14-4-3-7-22(9-14)17(25)13-5-6-15(18-8-13)23-10-19-20-11-23/h5-6,8,10-12,14H,3-4,7,9H2,1-2H3,(H,21,24). The fraction of sp³-hybridized carbons (Fsp3) is 0.471. The van der Waals surface area contributed by atoms with E-state index in [2.05, 4.69) is 20.5 Å². The van der Waals surface area contributed by atoms with E-state index in [0.29, 0.717) is 24.5 Å². The minimum atomic E-state index is -0.149. The minimum absolute atomic E-state index is 0.0218. The summed E-state index contributed by atoms with van der Waals surface area (Å²) in [4.78, 5) is 31.0. The maximum absolute atomic E-state index is 12.7. The van der Waals surface area contributed by atoms with Crippen LogP contribution in [0.5, 0.6) is 0 Å². The molecule has 0 radical (unpaired) electrons. The van der Waals surface area contributed by atoms with Crippen molar-refractivity contribution in [2.24, 2.45) is 5.92 Å². The first-order valence-electron chi connectivity index (χ1n) is 8.45. The zero-order valence-electron chi connectivity index (χ0n) is 14.4. The Kier molecular flexibility index (Phi) is 5.06. The van der Waals surface area contributed by atoms with Gasteiger partial charge in [-0.15, -0.1) is 10.2 Å². The predicted molar refractivity (Wildman–Crippen MR) is 91.1 cm³/mol. The molecule has 1 N–H and O–H groups in total. The molecule has 25 heavy (non-hydrogen) atoms. The maximum atomic E-state index is 12.7. The number of amides is 2. The van der Waals surface area contributed by atoms with E-state index in [1.165, 1.54) is 0 Å². The molecule has 3 heterocycles. The monoisotopic (exact) mass is 342 g/mol. The third-order valence-corrected chi connectivity index (χ3v) is 4.19. The Hall–Kier alpha value is -2.77. The number of hydrogen-bond acceptors (Lipinski definition) is 5. The lowest BCUT2D eigenvalue weighted by molar-refractivity contribution is -0.126. The molecule has 0 aromatic carbocycles. The Morgan fingerprint density at radius 2 is 2.00 bits per heavy atom. The lowest BCUT2D eigenvalue weighted by Crippen LogP contribution is -2.46. The van der Waals surface area contributed by atoms with Gasteiger partial charge in [0.2, 0.25) is 5.91 Å². The Morgan fingerprint density at radius 3 is 2.64 bits per heavy atom. The second-order valence-corrected chi connectivity index (χ2v) is 6.53. The van der Waals surface area contributed by atoms with Crippen LogP contribution in [-0.4, -0.2) is 55.6 Å². The largest absolute Gasteiger partial charge is 0.354 e. The van der Waals surface area contributed by atoms with Crippen molar-refractivity contribution in [3.05, 3.63) is 36.5 Å². The summed E-state index contributed by atoms with van der Waals surface area (Å²) in [6.07, 6.45) is 6.29. The average Bonchev–Trinajstić information content (AvgIpc) is 3.15. The van der Waals surface area contributed by atoms with Crippen molar-refractivity contribution in [3.8, 4) is 5.82 Å². The van der Waals surface area contributed by atoms with Crippen molar-refractivity contribution in [3.63, 3.8) is 0 Å². The molecular formula is C17H22N6O2. The number of likely N-dealkylation sites (tertiary alicyclic amines) is 1. The fourth-order valence-corrected chi connectivity index (χ4v) is 2.94. The minimum Gasteiger partial charge on any atom is -0.354 e. The number of hydrogen-bond donors (Lipinski definition) is 1. The highest BCUT2D eigenvalue weighted by atomic mass is 16.2. The molecule has 3 rings (SSSR count). The number of piperidine rings is 1. The Bertz CT molecular complexity index is 726. The van der Waals surface area contributed by atoms with Crippen LogP contribution in [-0.2, 0) is 4.79 Å². The number of carbonyl (C=O) groups is 2. The summed E-state index contributed by atoms with van der Waals surface area (Å²) in [6.45, 7) is 4.99. The van der Waals surface area contributed by atoms with Gasteiger partial charge in [-0.1, -0.05) is 0 Å². The van der Waals surface area contributed by atoms with Gasteiger partial charge in [0.05, 0.1) is 11.5 Å². The normalized spacial score (nSPS) is 17.6. The van der Waals surface area contributed by atoms with Gasteiger partial charge in [0.15, 0.2) is 0 Å². The zero-order valence-corrected chi connectivity index (χ0v) is 14.4. The second-order valence-electron chi connectivity index (χ2n) is 6.53. The van der Waals surface area contributed by atoms with Gasteiger partial charge in [-0.25, -0.2) is 4.98 Å². The van der Waals surface area contributed by atoms with E-state index in [9.17, 15) is 9.59 Å². The van der Waals surface area contributed by atoms with Crippen molar-refractivity contribution in [2.45, 2.75) is 32.7 Å². The summed E-state index contributed by atoms with van der Waals surface area (Å²) >= 11 is 0. The molecule has 2 aromatic rings. The molecule has 0 saturated carbocycles. The van der Waals surface area contributed by atoms with Crippen LogP contribution in [0.4, 0.5) is 0 Å². The molecule has 1 saturated heterocycles. The van der Waals surface area contributed by atoms with Gasteiger partial charge in [0, 0.05) is 25.3 Å². The highest BCUT2D eigenvalue weighted by Crippen LogP contribution is 2.19. The first-order chi connectivity index (χ1) is 12.0. The molecule has 1 unspecified atom stereocenters. The zero-order chi connectivity index (χ0) is 17.8. The quantitative estimate of drug-likeness (QED) is 0.896. The molecular weight excluding hydrogens is 320 g/mol. The summed E-state index contributed by atoms with van der Waals surface area (Å²) in [5, 5.41) is 10.4. The van der Waals surface area contributed by atoms with Crippen LogP contribution in [0.2, 0.25) is 0 Å². The van der Waals surface area contributed by atoms with Crippen LogP contribution in [0, 0.1) is 5.92 Å². The van der Waals surface area contributed by atoms with E-state index in [1.807, 2.05) is 13.8 Å². The van der Waals surface area contributed by atoms with Crippen LogP contribution in [0.3, 0.4) is 0 Å². The smallest absolute Gasteiger partial charge is 0.255 e. The summed E-state index contributed by atoms with van der Waals surface area (Å²) < 4.78 is 1.67. The first kappa shape index (κ1) is 17.1. The van der Waals surface area contributed by atoms with Crippen LogP contribution in [0.25, 0.3) is 5.82 Å². The number of pyridine rings is 1. The molecule has 1 fully saturated rings. The Labute approximate surface area is 146 Å². The molecule has 1 aliphatic heterocycles. The summed E-state index contributed by atoms with van der Waals surface area (Å²) in [7, 11) is 0. The molecule has 132 valence electrons. The molecule has 2 amide bonds. The van der Waals surface area contributed by atoms with Crippen molar-refractivity contribution in [1.29, 1.82) is 0 Å². The number of rotatable bonds is 4. The van der Waals surface area contributed by atoms with Crippen molar-refractivity contribution >= 4 is 11.8 Å². The Balaban J connectivity index is 1.67. The van der Waals surface area contributed by atoms with E-state index in [4.69, 9.17) is 0 Å². The van der Waals surface area contributed by atoms with E-state index < -0.39 is 0 Å². The lowest BCUT2D eigenvalue weighted by Gasteiger charge is -2.32. The lowest BCUT2D eigenvalue weighted by atomic mass is 9.96. The second kappa shape index (κ2) is 7.42. The molecule has 0 spiro atoms. The highest BCUT2D eigenvalue weighted by Gasteiger charge is 2.29. The van der Waals surface area contributed by atoms with Gasteiger partial charge in [-0.3, -0.25) is 14.2 Å². The van der Waals surface area contributed by atoms with E-state index in [-0.39, 0.29) is 23.8 Å². The summed E-state index contributed by atoms with van der Waals surface area (Å²) in [5.74, 6) is 0.428. The molecule has 1 atom stereocenters. The van der Waals surface area contributed by atoms with Crippen LogP contribution in [0.1, 0.15) is 37.0 Å². The number of aromatic nitrogens is 4. The average molecular weight is 342 g/mol.